The number of aromatic amines is 1. The second-order valence-corrected chi connectivity index (χ2v) is 9.92. The number of rotatable bonds is 3. The van der Waals surface area contributed by atoms with Crippen molar-refractivity contribution < 1.29 is 9.59 Å². The van der Waals surface area contributed by atoms with Gasteiger partial charge >= 0.3 is 0 Å². The number of carbonyl (C=O) groups excluding carboxylic acids is 2. The lowest BCUT2D eigenvalue weighted by Gasteiger charge is -2.32. The van der Waals surface area contributed by atoms with Crippen molar-refractivity contribution in [2.75, 3.05) is 38.5 Å². The Morgan fingerprint density at radius 3 is 2.44 bits per heavy atom. The lowest BCUT2D eigenvalue weighted by molar-refractivity contribution is -0.110. The van der Waals surface area contributed by atoms with Gasteiger partial charge in [-0.2, -0.15) is 0 Å². The summed E-state index contributed by atoms with van der Waals surface area (Å²) in [7, 11) is 2.08. The summed E-state index contributed by atoms with van der Waals surface area (Å²) in [4.78, 5) is 33.8. The van der Waals surface area contributed by atoms with Crippen molar-refractivity contribution in [2.24, 2.45) is 0 Å². The van der Waals surface area contributed by atoms with Crippen molar-refractivity contribution >= 4 is 45.1 Å². The Kier molecular flexibility index (Phi) is 5.91. The van der Waals surface area contributed by atoms with E-state index in [1.807, 2.05) is 67.3 Å². The van der Waals surface area contributed by atoms with Gasteiger partial charge in [0.25, 0.3) is 11.8 Å². The number of H-pyrrole nitrogens is 1. The van der Waals surface area contributed by atoms with E-state index in [1.165, 1.54) is 0 Å². The Morgan fingerprint density at radius 1 is 1.03 bits per heavy atom. The number of aromatic nitrogens is 1. The molecule has 2 aromatic carbocycles. The monoisotopic (exact) mass is 518 g/mol. The molecular formula is C27H27BrN4O2. The molecule has 0 unspecified atom stereocenters. The Labute approximate surface area is 207 Å². The van der Waals surface area contributed by atoms with Crippen LogP contribution in [0.25, 0.3) is 22.8 Å². The highest BCUT2D eigenvalue weighted by Crippen LogP contribution is 2.41. The number of amides is 2. The van der Waals surface area contributed by atoms with E-state index in [9.17, 15) is 9.59 Å². The van der Waals surface area contributed by atoms with Gasteiger partial charge in [0.1, 0.15) is 0 Å². The van der Waals surface area contributed by atoms with Gasteiger partial charge in [0.15, 0.2) is 0 Å². The van der Waals surface area contributed by atoms with Gasteiger partial charge in [0.05, 0.1) is 11.1 Å². The van der Waals surface area contributed by atoms with Crippen molar-refractivity contribution in [3.05, 3.63) is 75.0 Å². The lowest BCUT2D eigenvalue weighted by atomic mass is 9.94. The van der Waals surface area contributed by atoms with Crippen molar-refractivity contribution in [1.29, 1.82) is 0 Å². The van der Waals surface area contributed by atoms with E-state index in [0.29, 0.717) is 11.1 Å². The zero-order valence-corrected chi connectivity index (χ0v) is 21.1. The minimum Gasteiger partial charge on any atom is -0.358 e. The average Bonchev–Trinajstić information content (AvgIpc) is 3.29. The second-order valence-electron chi connectivity index (χ2n) is 9.01. The Balaban J connectivity index is 1.55. The third kappa shape index (κ3) is 3.99. The Morgan fingerprint density at radius 2 is 1.74 bits per heavy atom. The summed E-state index contributed by atoms with van der Waals surface area (Å²) in [5.74, 6) is -0.0889. The van der Waals surface area contributed by atoms with E-state index in [4.69, 9.17) is 0 Å². The Bertz CT molecular complexity index is 1320. The van der Waals surface area contributed by atoms with Gasteiger partial charge in [-0.1, -0.05) is 40.2 Å². The number of nitrogens with one attached hydrogen (secondary N) is 2. The maximum Gasteiger partial charge on any atom is 0.256 e. The van der Waals surface area contributed by atoms with Crippen molar-refractivity contribution in [3.63, 3.8) is 0 Å². The van der Waals surface area contributed by atoms with Gasteiger partial charge in [0, 0.05) is 53.3 Å². The molecule has 1 aromatic heterocycles. The number of nitrogens with zero attached hydrogens (tertiary/aromatic N) is 2. The number of halogens is 1. The van der Waals surface area contributed by atoms with Gasteiger partial charge in [-0.3, -0.25) is 9.59 Å². The van der Waals surface area contributed by atoms with Crippen molar-refractivity contribution in [3.8, 4) is 11.1 Å². The van der Waals surface area contributed by atoms with Crippen LogP contribution in [0.3, 0.4) is 0 Å². The van der Waals surface area contributed by atoms with E-state index in [1.54, 1.807) is 0 Å². The molecule has 0 spiro atoms. The molecule has 0 saturated carbocycles. The minimum absolute atomic E-state index is 0.0517. The summed E-state index contributed by atoms with van der Waals surface area (Å²) < 4.78 is 1.00. The smallest absolute Gasteiger partial charge is 0.256 e. The molecular weight excluding hydrogens is 492 g/mol. The number of anilines is 1. The minimum atomic E-state index is -0.141. The topological polar surface area (TPSA) is 68.4 Å². The molecule has 3 aromatic rings. The fraction of sp³-hybridized carbons (Fsp3) is 0.259. The standard InChI is InChI=1S/C27H27BrN4O2/c1-16-23(29-17(2)24(16)27(34)32-13-11-31(3)12-14-32)15-21-25-20(18-7-9-19(28)10-8-18)5-4-6-22(25)30-26(21)33/h4-10,15,29H,11-14H2,1-3H3,(H,30,33)/b21-15-. The van der Waals surface area contributed by atoms with E-state index >= 15 is 0 Å². The SMILES string of the molecule is Cc1[nH]c(/C=C2\C(=O)Nc3cccc(-c4ccc(Br)cc4)c32)c(C)c1C(=O)N1CCN(C)CC1. The number of benzene rings is 2. The van der Waals surface area contributed by atoms with Gasteiger partial charge < -0.3 is 20.1 Å². The van der Waals surface area contributed by atoms with Crippen LogP contribution in [0.5, 0.6) is 0 Å². The highest BCUT2D eigenvalue weighted by atomic mass is 79.9. The van der Waals surface area contributed by atoms with E-state index < -0.39 is 0 Å². The summed E-state index contributed by atoms with van der Waals surface area (Å²) in [6, 6.07) is 14.0. The molecule has 34 heavy (non-hydrogen) atoms. The number of hydrogen-bond donors (Lipinski definition) is 2. The average molecular weight is 519 g/mol. The van der Waals surface area contributed by atoms with Crippen molar-refractivity contribution in [2.45, 2.75) is 13.8 Å². The molecule has 2 aliphatic heterocycles. The predicted octanol–water partition coefficient (Wildman–Crippen LogP) is 4.94. The largest absolute Gasteiger partial charge is 0.358 e. The fourth-order valence-electron chi connectivity index (χ4n) is 4.81. The number of carbonyl (C=O) groups is 2. The normalized spacial score (nSPS) is 17.2. The van der Waals surface area contributed by atoms with Crippen LogP contribution >= 0.6 is 15.9 Å². The molecule has 2 N–H and O–H groups in total. The molecule has 2 amide bonds. The second kappa shape index (κ2) is 8.89. The maximum atomic E-state index is 13.3. The van der Waals surface area contributed by atoms with E-state index in [0.717, 1.165) is 70.0 Å². The number of aryl methyl sites for hydroxylation is 1. The summed E-state index contributed by atoms with van der Waals surface area (Å²) in [6.07, 6.45) is 1.88. The highest BCUT2D eigenvalue weighted by Gasteiger charge is 2.29. The zero-order valence-electron chi connectivity index (χ0n) is 19.5. The third-order valence-corrected chi connectivity index (χ3v) is 7.28. The summed E-state index contributed by atoms with van der Waals surface area (Å²) in [6.45, 7) is 7.08. The zero-order chi connectivity index (χ0) is 24.0. The van der Waals surface area contributed by atoms with Crippen LogP contribution < -0.4 is 5.32 Å². The van der Waals surface area contributed by atoms with Gasteiger partial charge in [-0.15, -0.1) is 0 Å². The number of piperazine rings is 1. The first kappa shape index (κ1) is 22.6. The van der Waals surface area contributed by atoms with Crippen LogP contribution in [0.2, 0.25) is 0 Å². The first-order valence-corrected chi connectivity index (χ1v) is 12.2. The quantitative estimate of drug-likeness (QED) is 0.482. The lowest BCUT2D eigenvalue weighted by Crippen LogP contribution is -2.47. The first-order chi connectivity index (χ1) is 16.3. The first-order valence-electron chi connectivity index (χ1n) is 11.4. The molecule has 0 radical (unpaired) electrons. The number of likely N-dealkylation sites (N-methyl/N-ethyl adjacent to an activating group) is 1. The molecule has 1 fully saturated rings. The molecule has 0 bridgehead atoms. The molecule has 6 nitrogen and oxygen atoms in total. The van der Waals surface area contributed by atoms with E-state index in [-0.39, 0.29) is 11.8 Å². The highest BCUT2D eigenvalue weighted by molar-refractivity contribution is 9.10. The van der Waals surface area contributed by atoms with Gasteiger partial charge in [-0.05, 0) is 61.9 Å². The number of fused-ring (bicyclic) bond motifs is 1. The number of hydrogen-bond acceptors (Lipinski definition) is 3. The van der Waals surface area contributed by atoms with Crippen LogP contribution in [0, 0.1) is 13.8 Å². The molecule has 1 saturated heterocycles. The summed E-state index contributed by atoms with van der Waals surface area (Å²) in [5, 5.41) is 3.00. The molecule has 2 aliphatic rings. The molecule has 0 atom stereocenters. The summed E-state index contributed by atoms with van der Waals surface area (Å²) >= 11 is 3.49. The maximum absolute atomic E-state index is 13.3. The molecule has 0 aliphatic carbocycles. The molecule has 5 rings (SSSR count). The van der Waals surface area contributed by atoms with Gasteiger partial charge in [0.2, 0.25) is 0 Å². The Hall–Kier alpha value is -3.16. The van der Waals surface area contributed by atoms with Crippen LogP contribution in [-0.2, 0) is 4.79 Å². The van der Waals surface area contributed by atoms with Crippen LogP contribution in [0.4, 0.5) is 5.69 Å². The van der Waals surface area contributed by atoms with Crippen LogP contribution in [-0.4, -0.2) is 59.8 Å². The summed E-state index contributed by atoms with van der Waals surface area (Å²) in [5.41, 5.74) is 7.49. The van der Waals surface area contributed by atoms with Crippen LogP contribution in [0.15, 0.2) is 46.9 Å². The predicted molar refractivity (Wildman–Crippen MR) is 140 cm³/mol. The third-order valence-electron chi connectivity index (χ3n) is 6.75. The van der Waals surface area contributed by atoms with E-state index in [2.05, 4.69) is 38.2 Å². The fourth-order valence-corrected chi connectivity index (χ4v) is 5.07. The molecule has 3 heterocycles. The molecule has 174 valence electrons. The van der Waals surface area contributed by atoms with Crippen LogP contribution in [0.1, 0.15) is 32.9 Å². The van der Waals surface area contributed by atoms with Crippen molar-refractivity contribution in [1.82, 2.24) is 14.8 Å². The van der Waals surface area contributed by atoms with Gasteiger partial charge in [-0.25, -0.2) is 0 Å². The molecule has 7 heteroatoms.